The van der Waals surface area contributed by atoms with E-state index in [1.165, 1.54) is 11.1 Å². The van der Waals surface area contributed by atoms with Crippen molar-refractivity contribution < 1.29 is 27.4 Å². The van der Waals surface area contributed by atoms with Gasteiger partial charge in [-0.25, -0.2) is 10.2 Å². The quantitative estimate of drug-likeness (QED) is 0.217. The molecule has 0 radical (unpaired) electrons. The third-order valence-corrected chi connectivity index (χ3v) is 5.30. The number of ether oxygens (including phenoxy) is 1. The molecule has 0 bridgehead atoms. The number of benzene rings is 3. The number of hydrogen-bond donors (Lipinski definition) is 3. The summed E-state index contributed by atoms with van der Waals surface area (Å²) in [6.07, 6.45) is -3.89. The Kier molecular flexibility index (Phi) is 5.54. The lowest BCUT2D eigenvalue weighted by molar-refractivity contribution is -0.275. The first-order chi connectivity index (χ1) is 15.6. The van der Waals surface area contributed by atoms with Gasteiger partial charge in [-0.1, -0.05) is 0 Å². The van der Waals surface area contributed by atoms with Gasteiger partial charge in [-0.2, -0.15) is 0 Å². The zero-order valence-corrected chi connectivity index (χ0v) is 17.4. The highest BCUT2D eigenvalue weighted by Gasteiger charge is 2.32. The lowest BCUT2D eigenvalue weighted by atomic mass is 10.1. The van der Waals surface area contributed by atoms with Gasteiger partial charge in [-0.15, -0.1) is 13.2 Å². The number of halogens is 4. The Bertz CT molecular complexity index is 1380. The van der Waals surface area contributed by atoms with Gasteiger partial charge in [0.15, 0.2) is 11.6 Å². The van der Waals surface area contributed by atoms with Crippen LogP contribution in [0, 0.1) is 5.82 Å². The highest BCUT2D eigenvalue weighted by Crippen LogP contribution is 2.35. The number of hydrogen-bond acceptors (Lipinski definition) is 5. The minimum atomic E-state index is -5.02. The number of nitrogens with two attached hydrogens (primary N) is 2. The molecule has 33 heavy (non-hydrogen) atoms. The number of alkyl halides is 3. The third kappa shape index (κ3) is 4.12. The number of aromatic nitrogens is 1. The molecule has 0 saturated carbocycles. The van der Waals surface area contributed by atoms with Crippen molar-refractivity contribution in [2.24, 2.45) is 11.6 Å². The molecule has 3 aromatic carbocycles. The summed E-state index contributed by atoms with van der Waals surface area (Å²) in [4.78, 5) is 0. The second-order valence-electron chi connectivity index (χ2n) is 7.26. The topological polar surface area (TPSA) is 89.7 Å². The van der Waals surface area contributed by atoms with E-state index in [-0.39, 0.29) is 17.0 Å². The van der Waals surface area contributed by atoms with Crippen LogP contribution in [-0.4, -0.2) is 16.0 Å². The summed E-state index contributed by atoms with van der Waals surface area (Å²) in [6.45, 7) is 2.71. The first-order valence-corrected chi connectivity index (χ1v) is 9.90. The van der Waals surface area contributed by atoms with Gasteiger partial charge in [0, 0.05) is 40.1 Å². The van der Waals surface area contributed by atoms with Gasteiger partial charge in [0.1, 0.15) is 5.75 Å². The van der Waals surface area contributed by atoms with Crippen molar-refractivity contribution in [1.82, 2.24) is 4.57 Å². The summed E-state index contributed by atoms with van der Waals surface area (Å²) in [6, 6.07) is 13.4. The number of nitrogens with zero attached hydrogens (tertiary/aromatic N) is 2. The molecule has 0 aliphatic heterocycles. The summed E-state index contributed by atoms with van der Waals surface area (Å²) in [5, 5.41) is 12.8. The van der Waals surface area contributed by atoms with Crippen LogP contribution in [0.3, 0.4) is 0 Å². The average molecular weight is 460 g/mol. The van der Waals surface area contributed by atoms with E-state index < -0.39 is 17.9 Å². The molecule has 0 unspecified atom stereocenters. The number of rotatable bonds is 5. The van der Waals surface area contributed by atoms with Crippen LogP contribution in [0.4, 0.5) is 23.2 Å². The van der Waals surface area contributed by atoms with Gasteiger partial charge >= 0.3 is 6.36 Å². The molecule has 0 amide bonds. The Morgan fingerprint density at radius 3 is 2.33 bits per heavy atom. The molecule has 1 aromatic heterocycles. The van der Waals surface area contributed by atoms with Crippen LogP contribution in [0.5, 0.6) is 11.5 Å². The maximum atomic E-state index is 14.2. The van der Waals surface area contributed by atoms with Gasteiger partial charge in [-0.05, 0) is 61.5 Å². The minimum Gasteiger partial charge on any atom is -0.508 e. The summed E-state index contributed by atoms with van der Waals surface area (Å²) in [7, 11) is 0. The van der Waals surface area contributed by atoms with E-state index in [0.717, 1.165) is 40.1 Å². The van der Waals surface area contributed by atoms with Crippen LogP contribution >= 0.6 is 0 Å². The molecule has 0 aliphatic carbocycles. The lowest BCUT2D eigenvalue weighted by Crippen LogP contribution is -2.29. The molecule has 4 aromatic rings. The Hall–Kier alpha value is -3.92. The summed E-state index contributed by atoms with van der Waals surface area (Å²) >= 11 is 0. The lowest BCUT2D eigenvalue weighted by Gasteiger charge is -2.22. The van der Waals surface area contributed by atoms with Crippen molar-refractivity contribution in [3.05, 3.63) is 72.2 Å². The number of hydrazine groups is 1. The molecule has 5 N–H and O–H groups in total. The Morgan fingerprint density at radius 1 is 1.06 bits per heavy atom. The smallest absolute Gasteiger partial charge is 0.508 e. The zero-order chi connectivity index (χ0) is 23.9. The normalized spacial score (nSPS) is 12.5. The SMILES string of the molecule is CCn1c2ccc(O)cc2c2cc(N(N)/C(=C\N)c3ccc(OC(F)(F)F)c(F)c3)ccc21. The van der Waals surface area contributed by atoms with Gasteiger partial charge < -0.3 is 20.1 Å². The van der Waals surface area contributed by atoms with Gasteiger partial charge in [0.05, 0.1) is 11.4 Å². The second kappa shape index (κ2) is 8.21. The molecular weight excluding hydrogens is 440 g/mol. The predicted octanol–water partition coefficient (Wildman–Crippen LogP) is 5.20. The molecular formula is C23H20F4N4O2. The van der Waals surface area contributed by atoms with E-state index >= 15 is 0 Å². The molecule has 172 valence electrons. The highest BCUT2D eigenvalue weighted by molar-refractivity contribution is 6.09. The van der Waals surface area contributed by atoms with Crippen LogP contribution in [0.2, 0.25) is 0 Å². The van der Waals surface area contributed by atoms with E-state index in [9.17, 15) is 22.7 Å². The first kappa shape index (κ1) is 22.3. The maximum Gasteiger partial charge on any atom is 0.573 e. The number of fused-ring (bicyclic) bond motifs is 3. The zero-order valence-electron chi connectivity index (χ0n) is 17.4. The second-order valence-corrected chi connectivity index (χ2v) is 7.26. The van der Waals surface area contributed by atoms with Crippen LogP contribution in [0.15, 0.2) is 60.8 Å². The fourth-order valence-electron chi connectivity index (χ4n) is 3.89. The standard InChI is InChI=1S/C23H20F4N4O2/c1-2-30-19-6-4-14(10-16(19)17-11-15(32)5-7-20(17)30)31(29)21(12-28)13-3-8-22(18(24)9-13)33-23(25,26)27/h3-12,32H,2,28-29H2,1H3/b21-12-. The molecule has 0 atom stereocenters. The fourth-order valence-corrected chi connectivity index (χ4v) is 3.89. The highest BCUT2D eigenvalue weighted by atomic mass is 19.4. The Balaban J connectivity index is 1.75. The van der Waals surface area contributed by atoms with Crippen molar-refractivity contribution in [3.8, 4) is 11.5 Å². The van der Waals surface area contributed by atoms with E-state index in [1.807, 2.05) is 19.1 Å². The largest absolute Gasteiger partial charge is 0.573 e. The van der Waals surface area contributed by atoms with Crippen molar-refractivity contribution >= 4 is 33.2 Å². The summed E-state index contributed by atoms with van der Waals surface area (Å²) < 4.78 is 57.2. The van der Waals surface area contributed by atoms with Gasteiger partial charge in [-0.3, -0.25) is 5.01 Å². The molecule has 10 heteroatoms. The predicted molar refractivity (Wildman–Crippen MR) is 119 cm³/mol. The van der Waals surface area contributed by atoms with E-state index in [0.29, 0.717) is 12.2 Å². The van der Waals surface area contributed by atoms with Crippen molar-refractivity contribution in [2.45, 2.75) is 19.8 Å². The van der Waals surface area contributed by atoms with Crippen LogP contribution in [0.1, 0.15) is 12.5 Å². The Morgan fingerprint density at radius 2 is 1.73 bits per heavy atom. The number of anilines is 1. The minimum absolute atomic E-state index is 0.117. The molecule has 0 spiro atoms. The van der Waals surface area contributed by atoms with E-state index in [4.69, 9.17) is 11.6 Å². The number of aromatic hydroxyl groups is 1. The average Bonchev–Trinajstić information content (AvgIpc) is 3.07. The third-order valence-electron chi connectivity index (χ3n) is 5.30. The van der Waals surface area contributed by atoms with E-state index in [1.54, 1.807) is 24.3 Å². The number of phenols is 1. The maximum absolute atomic E-state index is 14.2. The summed E-state index contributed by atoms with van der Waals surface area (Å²) in [5.74, 6) is 4.22. The van der Waals surface area contributed by atoms with Crippen molar-refractivity contribution in [2.75, 3.05) is 5.01 Å². The number of phenolic OH excluding ortho intramolecular Hbond substituents is 1. The van der Waals surface area contributed by atoms with Gasteiger partial charge in [0.2, 0.25) is 0 Å². The molecule has 1 heterocycles. The monoisotopic (exact) mass is 460 g/mol. The molecule has 4 rings (SSSR count). The van der Waals surface area contributed by atoms with Crippen molar-refractivity contribution in [1.29, 1.82) is 0 Å². The van der Waals surface area contributed by atoms with Crippen LogP contribution in [0.25, 0.3) is 27.5 Å². The Labute approximate surface area is 185 Å². The van der Waals surface area contributed by atoms with Gasteiger partial charge in [0.25, 0.3) is 0 Å². The first-order valence-electron chi connectivity index (χ1n) is 9.90. The number of aryl methyl sites for hydroxylation is 1. The molecule has 6 nitrogen and oxygen atoms in total. The molecule has 0 saturated heterocycles. The van der Waals surface area contributed by atoms with E-state index in [2.05, 4.69) is 9.30 Å². The van der Waals surface area contributed by atoms with Crippen LogP contribution in [-0.2, 0) is 6.54 Å². The molecule has 0 aliphatic rings. The summed E-state index contributed by atoms with van der Waals surface area (Å²) in [5.41, 5.74) is 8.39. The van der Waals surface area contributed by atoms with Crippen LogP contribution < -0.4 is 21.3 Å². The fraction of sp³-hybridized carbons (Fsp3) is 0.130. The molecule has 0 fully saturated rings. The van der Waals surface area contributed by atoms with Crippen molar-refractivity contribution in [3.63, 3.8) is 0 Å².